The molecular formula is C16H23ClN2O2. The summed E-state index contributed by atoms with van der Waals surface area (Å²) in [6, 6.07) is 10.7. The molecule has 2 fully saturated rings. The number of nitrogens with one attached hydrogen (secondary N) is 2. The van der Waals surface area contributed by atoms with E-state index in [9.17, 15) is 4.79 Å². The average Bonchev–Trinajstić information content (AvgIpc) is 2.97. The van der Waals surface area contributed by atoms with Crippen LogP contribution in [0.15, 0.2) is 30.3 Å². The van der Waals surface area contributed by atoms with Crippen LogP contribution in [0.1, 0.15) is 30.7 Å². The van der Waals surface area contributed by atoms with E-state index in [4.69, 9.17) is 4.74 Å². The molecule has 2 aliphatic rings. The van der Waals surface area contributed by atoms with Crippen molar-refractivity contribution in [2.75, 3.05) is 19.7 Å². The molecule has 1 heterocycles. The Bertz CT molecular complexity index is 449. The van der Waals surface area contributed by atoms with Crippen LogP contribution < -0.4 is 10.6 Å². The molecule has 1 amide bonds. The third-order valence-corrected chi connectivity index (χ3v) is 4.29. The van der Waals surface area contributed by atoms with Crippen molar-refractivity contribution in [3.8, 4) is 0 Å². The molecule has 1 aromatic rings. The first-order valence-electron chi connectivity index (χ1n) is 7.52. The van der Waals surface area contributed by atoms with E-state index in [0.29, 0.717) is 19.1 Å². The molecule has 1 saturated carbocycles. The van der Waals surface area contributed by atoms with Gasteiger partial charge in [0.15, 0.2) is 0 Å². The second kappa shape index (κ2) is 7.78. The molecule has 21 heavy (non-hydrogen) atoms. The minimum atomic E-state index is -0.333. The van der Waals surface area contributed by atoms with Gasteiger partial charge in [0, 0.05) is 25.0 Å². The second-order valence-electron chi connectivity index (χ2n) is 5.63. The molecule has 1 aromatic carbocycles. The van der Waals surface area contributed by atoms with E-state index < -0.39 is 0 Å². The van der Waals surface area contributed by atoms with Crippen LogP contribution in [-0.2, 0) is 9.53 Å². The van der Waals surface area contributed by atoms with Crippen molar-refractivity contribution in [2.24, 2.45) is 0 Å². The zero-order valence-electron chi connectivity index (χ0n) is 12.1. The number of morpholine rings is 1. The monoisotopic (exact) mass is 310 g/mol. The van der Waals surface area contributed by atoms with Crippen LogP contribution >= 0.6 is 12.4 Å². The lowest BCUT2D eigenvalue weighted by atomic mass is 9.94. The van der Waals surface area contributed by atoms with Crippen molar-refractivity contribution < 1.29 is 9.53 Å². The third kappa shape index (κ3) is 3.96. The van der Waals surface area contributed by atoms with E-state index in [1.807, 2.05) is 6.07 Å². The summed E-state index contributed by atoms with van der Waals surface area (Å²) < 4.78 is 5.52. The van der Waals surface area contributed by atoms with Gasteiger partial charge in [-0.3, -0.25) is 4.79 Å². The summed E-state index contributed by atoms with van der Waals surface area (Å²) in [6.45, 7) is 2.07. The highest BCUT2D eigenvalue weighted by molar-refractivity contribution is 5.85. The largest absolute Gasteiger partial charge is 0.366 e. The van der Waals surface area contributed by atoms with Crippen molar-refractivity contribution in [3.63, 3.8) is 0 Å². The van der Waals surface area contributed by atoms with Crippen molar-refractivity contribution in [3.05, 3.63) is 35.9 Å². The number of ether oxygens (including phenoxy) is 1. The summed E-state index contributed by atoms with van der Waals surface area (Å²) in [5.41, 5.74) is 1.33. The summed E-state index contributed by atoms with van der Waals surface area (Å²) >= 11 is 0. The van der Waals surface area contributed by atoms with Crippen LogP contribution in [0.2, 0.25) is 0 Å². The van der Waals surface area contributed by atoms with E-state index in [0.717, 1.165) is 19.4 Å². The highest BCUT2D eigenvalue weighted by Crippen LogP contribution is 2.34. The van der Waals surface area contributed by atoms with Crippen LogP contribution in [0.3, 0.4) is 0 Å². The number of benzene rings is 1. The quantitative estimate of drug-likeness (QED) is 0.896. The molecule has 3 unspecified atom stereocenters. The first-order chi connectivity index (χ1) is 9.84. The fourth-order valence-electron chi connectivity index (χ4n) is 3.24. The Labute approximate surface area is 132 Å². The molecule has 1 aliphatic heterocycles. The van der Waals surface area contributed by atoms with Gasteiger partial charge >= 0.3 is 0 Å². The fraction of sp³-hybridized carbons (Fsp3) is 0.562. The fourth-order valence-corrected chi connectivity index (χ4v) is 3.24. The molecule has 1 aliphatic carbocycles. The minimum absolute atomic E-state index is 0. The normalized spacial score (nSPS) is 28.7. The van der Waals surface area contributed by atoms with E-state index in [1.54, 1.807) is 0 Å². The summed E-state index contributed by atoms with van der Waals surface area (Å²) in [7, 11) is 0. The van der Waals surface area contributed by atoms with Crippen LogP contribution in [0.4, 0.5) is 0 Å². The minimum Gasteiger partial charge on any atom is -0.366 e. The Morgan fingerprint density at radius 2 is 2.05 bits per heavy atom. The zero-order valence-corrected chi connectivity index (χ0v) is 12.9. The van der Waals surface area contributed by atoms with Gasteiger partial charge in [0.25, 0.3) is 5.91 Å². The number of carbonyl (C=O) groups excluding carboxylic acids is 1. The molecular weight excluding hydrogens is 288 g/mol. The molecule has 5 heteroatoms. The number of hydrogen-bond acceptors (Lipinski definition) is 3. The van der Waals surface area contributed by atoms with E-state index in [2.05, 4.69) is 34.9 Å². The van der Waals surface area contributed by atoms with E-state index in [-0.39, 0.29) is 30.5 Å². The van der Waals surface area contributed by atoms with Gasteiger partial charge in [-0.2, -0.15) is 0 Å². The van der Waals surface area contributed by atoms with Gasteiger partial charge in [0.2, 0.25) is 0 Å². The van der Waals surface area contributed by atoms with E-state index in [1.165, 1.54) is 12.0 Å². The summed E-state index contributed by atoms with van der Waals surface area (Å²) in [5.74, 6) is 0.474. The van der Waals surface area contributed by atoms with Gasteiger partial charge in [-0.15, -0.1) is 12.4 Å². The van der Waals surface area contributed by atoms with Gasteiger partial charge in [0.05, 0.1) is 6.61 Å². The Morgan fingerprint density at radius 1 is 1.24 bits per heavy atom. The van der Waals surface area contributed by atoms with Crippen molar-refractivity contribution >= 4 is 18.3 Å². The zero-order chi connectivity index (χ0) is 13.8. The number of rotatable bonds is 3. The van der Waals surface area contributed by atoms with Crippen LogP contribution in [0.5, 0.6) is 0 Å². The summed E-state index contributed by atoms with van der Waals surface area (Å²) in [4.78, 5) is 12.3. The lowest BCUT2D eigenvalue weighted by Gasteiger charge is -2.27. The Kier molecular flexibility index (Phi) is 6.03. The number of amides is 1. The molecule has 0 spiro atoms. The van der Waals surface area contributed by atoms with Crippen molar-refractivity contribution in [1.29, 1.82) is 0 Å². The van der Waals surface area contributed by atoms with Crippen LogP contribution in [-0.4, -0.2) is 37.7 Å². The molecule has 0 radical (unpaired) electrons. The predicted octanol–water partition coefficient (Wildman–Crippen LogP) is 1.85. The highest BCUT2D eigenvalue weighted by atomic mass is 35.5. The Morgan fingerprint density at radius 3 is 2.76 bits per heavy atom. The number of hydrogen-bond donors (Lipinski definition) is 2. The molecule has 0 aromatic heterocycles. The lowest BCUT2D eigenvalue weighted by Crippen LogP contribution is -2.50. The smallest absolute Gasteiger partial charge is 0.250 e. The maximum absolute atomic E-state index is 12.3. The molecule has 0 bridgehead atoms. The molecule has 2 N–H and O–H groups in total. The van der Waals surface area contributed by atoms with Gasteiger partial charge in [-0.1, -0.05) is 36.8 Å². The van der Waals surface area contributed by atoms with Gasteiger partial charge in [0.1, 0.15) is 6.10 Å². The van der Waals surface area contributed by atoms with Crippen LogP contribution in [0.25, 0.3) is 0 Å². The first kappa shape index (κ1) is 16.3. The van der Waals surface area contributed by atoms with Gasteiger partial charge < -0.3 is 15.4 Å². The molecule has 3 atom stereocenters. The standard InChI is InChI=1S/C16H22N2O2.ClH/c19-16(15-11-17-9-10-20-15)18-14-8-4-7-13(14)12-5-2-1-3-6-12;/h1-3,5-6,13-15,17H,4,7-11H2,(H,18,19);1H. The third-order valence-electron chi connectivity index (χ3n) is 4.29. The predicted molar refractivity (Wildman–Crippen MR) is 84.8 cm³/mol. The molecule has 3 rings (SSSR count). The SMILES string of the molecule is Cl.O=C(NC1CCCC1c1ccccc1)C1CNCCO1. The highest BCUT2D eigenvalue weighted by Gasteiger charge is 2.32. The maximum atomic E-state index is 12.3. The van der Waals surface area contributed by atoms with Crippen molar-refractivity contribution in [1.82, 2.24) is 10.6 Å². The number of carbonyl (C=O) groups is 1. The molecule has 116 valence electrons. The number of halogens is 1. The topological polar surface area (TPSA) is 50.4 Å². The lowest BCUT2D eigenvalue weighted by molar-refractivity contribution is -0.135. The van der Waals surface area contributed by atoms with Gasteiger partial charge in [-0.05, 0) is 18.4 Å². The molecule has 4 nitrogen and oxygen atoms in total. The van der Waals surface area contributed by atoms with Crippen LogP contribution in [0, 0.1) is 0 Å². The van der Waals surface area contributed by atoms with Gasteiger partial charge in [-0.25, -0.2) is 0 Å². The van der Waals surface area contributed by atoms with E-state index >= 15 is 0 Å². The Balaban J connectivity index is 0.00000161. The second-order valence-corrected chi connectivity index (χ2v) is 5.63. The maximum Gasteiger partial charge on any atom is 0.250 e. The molecule has 1 saturated heterocycles. The Hall–Kier alpha value is -1.10. The summed E-state index contributed by atoms with van der Waals surface area (Å²) in [5, 5.41) is 6.39. The summed E-state index contributed by atoms with van der Waals surface area (Å²) in [6.07, 6.45) is 3.05. The average molecular weight is 311 g/mol. The first-order valence-corrected chi connectivity index (χ1v) is 7.52. The van der Waals surface area contributed by atoms with Crippen molar-refractivity contribution in [2.45, 2.75) is 37.3 Å².